The van der Waals surface area contributed by atoms with Gasteiger partial charge in [0.05, 0.1) is 31.9 Å². The highest BCUT2D eigenvalue weighted by atomic mass is 16.5. The first-order chi connectivity index (χ1) is 12.3. The molecular weight excluding hydrogens is 318 g/mol. The summed E-state index contributed by atoms with van der Waals surface area (Å²) in [5.41, 5.74) is 1.58. The van der Waals surface area contributed by atoms with Gasteiger partial charge < -0.3 is 13.9 Å². The molecule has 2 saturated heterocycles. The second-order valence-corrected chi connectivity index (χ2v) is 7.15. The average molecular weight is 343 g/mol. The van der Waals surface area contributed by atoms with Crippen LogP contribution in [0.5, 0.6) is 5.88 Å². The van der Waals surface area contributed by atoms with Gasteiger partial charge in [-0.2, -0.15) is 0 Å². The minimum Gasteiger partial charge on any atom is -0.476 e. The van der Waals surface area contributed by atoms with Crippen LogP contribution in [0, 0.1) is 11.3 Å². The van der Waals surface area contributed by atoms with Gasteiger partial charge in [0, 0.05) is 37.0 Å². The van der Waals surface area contributed by atoms with E-state index < -0.39 is 0 Å². The molecular formula is C19H25N3O3. The van der Waals surface area contributed by atoms with Gasteiger partial charge in [0.25, 0.3) is 0 Å². The van der Waals surface area contributed by atoms with Gasteiger partial charge in [0.2, 0.25) is 5.88 Å². The van der Waals surface area contributed by atoms with Crippen LogP contribution in [0.15, 0.2) is 41.6 Å². The molecule has 25 heavy (non-hydrogen) atoms. The first kappa shape index (κ1) is 16.5. The predicted octanol–water partition coefficient (Wildman–Crippen LogP) is 2.77. The summed E-state index contributed by atoms with van der Waals surface area (Å²) in [4.78, 5) is 10.8. The van der Waals surface area contributed by atoms with E-state index >= 15 is 0 Å². The Hall–Kier alpha value is -1.92. The van der Waals surface area contributed by atoms with Crippen molar-refractivity contribution in [1.82, 2.24) is 14.9 Å². The van der Waals surface area contributed by atoms with Gasteiger partial charge >= 0.3 is 0 Å². The summed E-state index contributed by atoms with van der Waals surface area (Å²) < 4.78 is 16.9. The minimum atomic E-state index is 0.327. The van der Waals surface area contributed by atoms with Crippen molar-refractivity contribution < 1.29 is 13.9 Å². The third-order valence-corrected chi connectivity index (χ3v) is 5.74. The second-order valence-electron chi connectivity index (χ2n) is 7.15. The molecule has 2 aliphatic rings. The molecule has 6 nitrogen and oxygen atoms in total. The van der Waals surface area contributed by atoms with Crippen molar-refractivity contribution in [2.24, 2.45) is 11.3 Å². The zero-order valence-electron chi connectivity index (χ0n) is 14.5. The molecule has 2 aromatic rings. The Morgan fingerprint density at radius 1 is 1.24 bits per heavy atom. The SMILES string of the molecule is c1cnc(OC[C@@H]2COCCC23CCN(Cc2ccoc2)CC3)cn1. The van der Waals surface area contributed by atoms with Crippen LogP contribution in [0.25, 0.3) is 0 Å². The fourth-order valence-corrected chi connectivity index (χ4v) is 4.11. The molecule has 0 amide bonds. The van der Waals surface area contributed by atoms with Gasteiger partial charge in [-0.3, -0.25) is 9.88 Å². The molecule has 0 unspecified atom stereocenters. The summed E-state index contributed by atoms with van der Waals surface area (Å²) in [5.74, 6) is 1.01. The Labute approximate surface area is 148 Å². The fourth-order valence-electron chi connectivity index (χ4n) is 4.11. The van der Waals surface area contributed by atoms with E-state index in [1.807, 2.05) is 6.26 Å². The molecule has 0 radical (unpaired) electrons. The normalized spacial score (nSPS) is 23.6. The molecule has 0 bridgehead atoms. The highest BCUT2D eigenvalue weighted by molar-refractivity contribution is 5.06. The maximum Gasteiger partial charge on any atom is 0.232 e. The standard InChI is InChI=1S/C19H25N3O3/c1-9-23-13-16(1)12-22-7-2-19(3-8-22)4-10-24-14-17(19)15-25-18-11-20-5-6-21-18/h1,5-6,9,11,13,17H,2-4,7-8,10,12,14-15H2/t17-/m0/s1. The van der Waals surface area contributed by atoms with E-state index in [1.54, 1.807) is 24.9 Å². The minimum absolute atomic E-state index is 0.327. The topological polar surface area (TPSA) is 60.6 Å². The molecule has 2 aliphatic heterocycles. The van der Waals surface area contributed by atoms with Crippen molar-refractivity contribution >= 4 is 0 Å². The van der Waals surface area contributed by atoms with E-state index in [-0.39, 0.29) is 0 Å². The van der Waals surface area contributed by atoms with E-state index in [9.17, 15) is 0 Å². The molecule has 2 aromatic heterocycles. The maximum atomic E-state index is 5.91. The summed E-state index contributed by atoms with van der Waals surface area (Å²) in [6.07, 6.45) is 12.1. The van der Waals surface area contributed by atoms with Crippen LogP contribution >= 0.6 is 0 Å². The quantitative estimate of drug-likeness (QED) is 0.832. The van der Waals surface area contributed by atoms with Gasteiger partial charge in [0.15, 0.2) is 0 Å². The summed E-state index contributed by atoms with van der Waals surface area (Å²) in [6, 6.07) is 2.05. The molecule has 0 aromatic carbocycles. The Bertz CT molecular complexity index is 639. The van der Waals surface area contributed by atoms with Gasteiger partial charge in [-0.25, -0.2) is 4.98 Å². The van der Waals surface area contributed by atoms with Gasteiger partial charge in [-0.05, 0) is 43.8 Å². The van der Waals surface area contributed by atoms with Crippen LogP contribution < -0.4 is 4.74 Å². The zero-order valence-corrected chi connectivity index (χ0v) is 14.5. The zero-order chi connectivity index (χ0) is 17.0. The first-order valence-corrected chi connectivity index (χ1v) is 9.04. The van der Waals surface area contributed by atoms with E-state index in [2.05, 4.69) is 20.9 Å². The van der Waals surface area contributed by atoms with E-state index in [1.165, 1.54) is 18.4 Å². The van der Waals surface area contributed by atoms with E-state index in [0.717, 1.165) is 39.3 Å². The van der Waals surface area contributed by atoms with Crippen molar-refractivity contribution in [3.63, 3.8) is 0 Å². The lowest BCUT2D eigenvalue weighted by Gasteiger charge is -2.48. The monoisotopic (exact) mass is 343 g/mol. The molecule has 4 rings (SSSR count). The third-order valence-electron chi connectivity index (χ3n) is 5.74. The lowest BCUT2D eigenvalue weighted by atomic mass is 9.66. The Morgan fingerprint density at radius 2 is 2.16 bits per heavy atom. The summed E-state index contributed by atoms with van der Waals surface area (Å²) in [5, 5.41) is 0. The van der Waals surface area contributed by atoms with E-state index in [4.69, 9.17) is 13.9 Å². The van der Waals surface area contributed by atoms with Crippen molar-refractivity contribution in [3.05, 3.63) is 42.7 Å². The average Bonchev–Trinajstić information content (AvgIpc) is 3.17. The smallest absolute Gasteiger partial charge is 0.232 e. The number of hydrogen-bond donors (Lipinski definition) is 0. The summed E-state index contributed by atoms with van der Waals surface area (Å²) in [7, 11) is 0. The summed E-state index contributed by atoms with van der Waals surface area (Å²) in [6.45, 7) is 5.51. The Balaban J connectivity index is 1.35. The van der Waals surface area contributed by atoms with Crippen LogP contribution in [-0.4, -0.2) is 47.8 Å². The third kappa shape index (κ3) is 3.85. The van der Waals surface area contributed by atoms with Crippen LogP contribution in [0.2, 0.25) is 0 Å². The lowest BCUT2D eigenvalue weighted by molar-refractivity contribution is -0.0867. The highest BCUT2D eigenvalue weighted by Gasteiger charge is 2.43. The molecule has 0 aliphatic carbocycles. The number of aromatic nitrogens is 2. The van der Waals surface area contributed by atoms with Crippen molar-refractivity contribution in [1.29, 1.82) is 0 Å². The van der Waals surface area contributed by atoms with Gasteiger partial charge in [-0.15, -0.1) is 0 Å². The largest absolute Gasteiger partial charge is 0.476 e. The van der Waals surface area contributed by atoms with Gasteiger partial charge in [0.1, 0.15) is 0 Å². The van der Waals surface area contributed by atoms with Crippen molar-refractivity contribution in [2.45, 2.75) is 25.8 Å². The molecule has 134 valence electrons. The number of ether oxygens (including phenoxy) is 2. The highest BCUT2D eigenvalue weighted by Crippen LogP contribution is 2.45. The second kappa shape index (κ2) is 7.54. The number of hydrogen-bond acceptors (Lipinski definition) is 6. The van der Waals surface area contributed by atoms with Crippen molar-refractivity contribution in [3.8, 4) is 5.88 Å². The van der Waals surface area contributed by atoms with Crippen LogP contribution in [0.3, 0.4) is 0 Å². The molecule has 0 N–H and O–H groups in total. The number of furan rings is 1. The molecule has 6 heteroatoms. The van der Waals surface area contributed by atoms with Crippen molar-refractivity contribution in [2.75, 3.05) is 32.9 Å². The Morgan fingerprint density at radius 3 is 2.92 bits per heavy atom. The van der Waals surface area contributed by atoms with Crippen LogP contribution in [0.1, 0.15) is 24.8 Å². The number of nitrogens with zero attached hydrogens (tertiary/aromatic N) is 3. The van der Waals surface area contributed by atoms with E-state index in [0.29, 0.717) is 23.8 Å². The fraction of sp³-hybridized carbons (Fsp3) is 0.579. The van der Waals surface area contributed by atoms with Gasteiger partial charge in [-0.1, -0.05) is 0 Å². The molecule has 2 fully saturated rings. The first-order valence-electron chi connectivity index (χ1n) is 9.04. The Kier molecular flexibility index (Phi) is 4.99. The number of rotatable bonds is 5. The number of piperidine rings is 1. The summed E-state index contributed by atoms with van der Waals surface area (Å²) >= 11 is 0. The predicted molar refractivity (Wildman–Crippen MR) is 92.1 cm³/mol. The number of likely N-dealkylation sites (tertiary alicyclic amines) is 1. The molecule has 1 atom stereocenters. The maximum absolute atomic E-state index is 5.91. The molecule has 1 spiro atoms. The molecule has 0 saturated carbocycles. The van der Waals surface area contributed by atoms with Crippen LogP contribution in [0.4, 0.5) is 0 Å². The molecule has 4 heterocycles. The lowest BCUT2D eigenvalue weighted by Crippen LogP contribution is -2.49. The van der Waals surface area contributed by atoms with Crippen LogP contribution in [-0.2, 0) is 11.3 Å².